The number of para-hydroxylation sites is 1. The van der Waals surface area contributed by atoms with Gasteiger partial charge in [0, 0.05) is 27.2 Å². The molecule has 152 valence electrons. The third-order valence-electron chi connectivity index (χ3n) is 4.28. The number of carbonyl (C=O) groups excluding carboxylic acids is 1. The number of aromatic nitrogens is 1. The zero-order valence-corrected chi connectivity index (χ0v) is 18.2. The minimum atomic E-state index is -0.634. The summed E-state index contributed by atoms with van der Waals surface area (Å²) in [7, 11) is 0. The van der Waals surface area contributed by atoms with E-state index in [-0.39, 0.29) is 6.54 Å². The second-order valence-corrected chi connectivity index (χ2v) is 8.56. The fraction of sp³-hybridized carbons (Fsp3) is 0.273. The number of alkyl carbamates (subject to hydrolysis) is 1. The van der Waals surface area contributed by atoms with Gasteiger partial charge in [-0.15, -0.1) is 0 Å². The van der Waals surface area contributed by atoms with E-state index in [1.54, 1.807) is 27.0 Å². The summed E-state index contributed by atoms with van der Waals surface area (Å²) < 4.78 is 7.09. The molecule has 2 aromatic carbocycles. The van der Waals surface area contributed by atoms with Gasteiger partial charge in [-0.3, -0.25) is 0 Å². The average Bonchev–Trinajstić information content (AvgIpc) is 3.07. The lowest BCUT2D eigenvalue weighted by Gasteiger charge is -2.21. The summed E-state index contributed by atoms with van der Waals surface area (Å²) in [4.78, 5) is 15.4. The molecular formula is C22H24BrN3O3. The summed E-state index contributed by atoms with van der Waals surface area (Å²) in [5.74, 6) is 0. The first kappa shape index (κ1) is 20.9. The predicted molar refractivity (Wildman–Crippen MR) is 118 cm³/mol. The molecular weight excluding hydrogens is 434 g/mol. The van der Waals surface area contributed by atoms with E-state index in [1.165, 1.54) is 6.21 Å². The van der Waals surface area contributed by atoms with Gasteiger partial charge in [-0.25, -0.2) is 9.53 Å². The molecule has 0 aliphatic rings. The molecule has 0 saturated carbocycles. The summed E-state index contributed by atoms with van der Waals surface area (Å²) in [6.07, 6.45) is 2.77. The van der Waals surface area contributed by atoms with Gasteiger partial charge in [0.25, 0.3) is 0 Å². The van der Waals surface area contributed by atoms with Crippen LogP contribution in [0.4, 0.5) is 4.79 Å². The Labute approximate surface area is 178 Å². The fourth-order valence-electron chi connectivity index (χ4n) is 3.02. The number of halogens is 1. The molecule has 7 heteroatoms. The van der Waals surface area contributed by atoms with Crippen molar-refractivity contribution in [1.82, 2.24) is 10.3 Å². The molecule has 1 heterocycles. The Morgan fingerprint density at radius 2 is 1.97 bits per heavy atom. The number of carbonyl (C=O) groups is 1. The molecule has 1 amide bonds. The van der Waals surface area contributed by atoms with Gasteiger partial charge in [0.15, 0.2) is 6.21 Å². The molecule has 1 atom stereocenters. The highest BCUT2D eigenvalue weighted by molar-refractivity contribution is 9.10. The molecule has 0 saturated heterocycles. The fourth-order valence-corrected chi connectivity index (χ4v) is 3.50. The van der Waals surface area contributed by atoms with Crippen molar-refractivity contribution in [3.8, 4) is 0 Å². The average molecular weight is 458 g/mol. The molecule has 3 aromatic rings. The topological polar surface area (TPSA) is 80.2 Å². The third-order valence-corrected chi connectivity index (χ3v) is 4.94. The molecule has 1 unspecified atom stereocenters. The van der Waals surface area contributed by atoms with Crippen molar-refractivity contribution in [2.75, 3.05) is 6.54 Å². The van der Waals surface area contributed by atoms with Gasteiger partial charge in [0.05, 0.1) is 12.1 Å². The molecule has 0 fully saturated rings. The van der Waals surface area contributed by atoms with E-state index in [1.807, 2.05) is 48.5 Å². The SMILES string of the molecule is CC(C)(C)OC(=O)NCC(c1c[nH]c2c(Br)cccc12)/[N+]([O-])=C\c1ccccc1. The first-order valence-electron chi connectivity index (χ1n) is 9.32. The molecule has 0 aliphatic carbocycles. The van der Waals surface area contributed by atoms with Crippen molar-refractivity contribution in [2.45, 2.75) is 32.4 Å². The maximum atomic E-state index is 13.1. The van der Waals surface area contributed by atoms with E-state index in [4.69, 9.17) is 4.74 Å². The number of nitrogens with one attached hydrogen (secondary N) is 2. The zero-order chi connectivity index (χ0) is 21.0. The Balaban J connectivity index is 1.94. The van der Waals surface area contributed by atoms with E-state index >= 15 is 0 Å². The maximum absolute atomic E-state index is 13.1. The quantitative estimate of drug-likeness (QED) is 0.241. The number of nitrogens with zero attached hydrogens (tertiary/aromatic N) is 1. The maximum Gasteiger partial charge on any atom is 0.407 e. The highest BCUT2D eigenvalue weighted by atomic mass is 79.9. The number of benzene rings is 2. The number of fused-ring (bicyclic) bond motifs is 1. The van der Waals surface area contributed by atoms with Crippen LogP contribution in [-0.2, 0) is 4.74 Å². The van der Waals surface area contributed by atoms with Crippen LogP contribution in [0.1, 0.15) is 37.9 Å². The standard InChI is InChI=1S/C22H24BrN3O3/c1-22(2,3)29-21(27)25-13-19(26(28)14-15-8-5-4-6-9-15)17-12-24-20-16(17)10-7-11-18(20)23/h4-12,14,19,24H,13H2,1-3H3,(H,25,27)/b26-14+. The lowest BCUT2D eigenvalue weighted by molar-refractivity contribution is -0.500. The zero-order valence-electron chi connectivity index (χ0n) is 16.6. The monoisotopic (exact) mass is 457 g/mol. The van der Waals surface area contributed by atoms with Crippen LogP contribution in [0.25, 0.3) is 10.9 Å². The largest absolute Gasteiger partial charge is 0.623 e. The number of H-pyrrole nitrogens is 1. The van der Waals surface area contributed by atoms with Crippen molar-refractivity contribution in [3.63, 3.8) is 0 Å². The van der Waals surface area contributed by atoms with Crippen LogP contribution in [-0.4, -0.2) is 34.2 Å². The van der Waals surface area contributed by atoms with Gasteiger partial charge in [0.2, 0.25) is 6.04 Å². The first-order chi connectivity index (χ1) is 13.7. The van der Waals surface area contributed by atoms with Gasteiger partial charge in [-0.1, -0.05) is 30.3 Å². The molecule has 29 heavy (non-hydrogen) atoms. The molecule has 3 rings (SSSR count). The number of ether oxygens (including phenoxy) is 1. The Morgan fingerprint density at radius 3 is 2.66 bits per heavy atom. The summed E-state index contributed by atoms with van der Waals surface area (Å²) in [5.41, 5.74) is 1.86. The normalized spacial score (nSPS) is 13.3. The predicted octanol–water partition coefficient (Wildman–Crippen LogP) is 5.13. The highest BCUT2D eigenvalue weighted by Gasteiger charge is 2.25. The highest BCUT2D eigenvalue weighted by Crippen LogP contribution is 2.30. The molecule has 1 aromatic heterocycles. The van der Waals surface area contributed by atoms with Gasteiger partial charge in [0.1, 0.15) is 5.60 Å². The van der Waals surface area contributed by atoms with Crippen LogP contribution < -0.4 is 5.32 Å². The van der Waals surface area contributed by atoms with Crippen LogP contribution in [0.3, 0.4) is 0 Å². The third kappa shape index (κ3) is 5.38. The van der Waals surface area contributed by atoms with Crippen LogP contribution >= 0.6 is 15.9 Å². The molecule has 2 N–H and O–H groups in total. The van der Waals surface area contributed by atoms with Crippen molar-refractivity contribution in [2.24, 2.45) is 0 Å². The van der Waals surface area contributed by atoms with Crippen LogP contribution in [0.2, 0.25) is 0 Å². The number of rotatable bonds is 5. The number of amides is 1. The minimum absolute atomic E-state index is 0.0984. The summed E-state index contributed by atoms with van der Waals surface area (Å²) in [6, 6.07) is 14.5. The Hall–Kier alpha value is -2.80. The van der Waals surface area contributed by atoms with E-state index in [2.05, 4.69) is 26.2 Å². The van der Waals surface area contributed by atoms with Crippen molar-refractivity contribution in [1.29, 1.82) is 0 Å². The number of hydrogen-bond acceptors (Lipinski definition) is 3. The Bertz CT molecular complexity index is 1020. The molecule has 0 bridgehead atoms. The van der Waals surface area contributed by atoms with E-state index in [0.717, 1.165) is 31.2 Å². The van der Waals surface area contributed by atoms with Gasteiger partial charge in [-0.05, 0) is 54.9 Å². The number of hydrogen-bond donors (Lipinski definition) is 2. The van der Waals surface area contributed by atoms with E-state index < -0.39 is 17.7 Å². The molecule has 0 aliphatic heterocycles. The number of hydroxylamine groups is 1. The minimum Gasteiger partial charge on any atom is -0.623 e. The number of aromatic amines is 1. The Morgan fingerprint density at radius 1 is 1.24 bits per heavy atom. The van der Waals surface area contributed by atoms with E-state index in [9.17, 15) is 10.0 Å². The smallest absolute Gasteiger partial charge is 0.407 e. The van der Waals surface area contributed by atoms with Crippen molar-refractivity contribution >= 4 is 39.1 Å². The van der Waals surface area contributed by atoms with Gasteiger partial charge < -0.3 is 20.2 Å². The second kappa shape index (κ2) is 8.69. The van der Waals surface area contributed by atoms with Crippen molar-refractivity contribution < 1.29 is 14.3 Å². The molecule has 0 radical (unpaired) electrons. The van der Waals surface area contributed by atoms with Crippen LogP contribution in [0.5, 0.6) is 0 Å². The summed E-state index contributed by atoms with van der Waals surface area (Å²) in [5, 5.41) is 16.7. The van der Waals surface area contributed by atoms with E-state index in [0.29, 0.717) is 0 Å². The second-order valence-electron chi connectivity index (χ2n) is 7.70. The summed E-state index contributed by atoms with van der Waals surface area (Å²) in [6.45, 7) is 5.49. The van der Waals surface area contributed by atoms with Crippen molar-refractivity contribution in [3.05, 3.63) is 75.5 Å². The molecule has 0 spiro atoms. The van der Waals surface area contributed by atoms with Gasteiger partial charge >= 0.3 is 6.09 Å². The van der Waals surface area contributed by atoms with Gasteiger partial charge in [-0.2, -0.15) is 0 Å². The summed E-state index contributed by atoms with van der Waals surface area (Å²) >= 11 is 3.52. The first-order valence-corrected chi connectivity index (χ1v) is 10.1. The lowest BCUT2D eigenvalue weighted by Crippen LogP contribution is -2.36. The molecule has 6 nitrogen and oxygen atoms in total. The van der Waals surface area contributed by atoms with Crippen LogP contribution in [0, 0.1) is 5.21 Å². The van der Waals surface area contributed by atoms with Crippen LogP contribution in [0.15, 0.2) is 59.2 Å². The Kier molecular flexibility index (Phi) is 6.27. The lowest BCUT2D eigenvalue weighted by atomic mass is 10.1.